The maximum atomic E-state index is 5.62. The van der Waals surface area contributed by atoms with Crippen molar-refractivity contribution >= 4 is 0 Å². The van der Waals surface area contributed by atoms with Gasteiger partial charge in [0.25, 0.3) is 0 Å². The maximum absolute atomic E-state index is 5.62. The monoisotopic (exact) mass is 187 g/mol. The minimum Gasteiger partial charge on any atom is -0.330 e. The SMILES string of the molecule is CC(N)CCNCCCCCCN. The van der Waals surface area contributed by atoms with E-state index in [0.29, 0.717) is 6.04 Å². The Morgan fingerprint density at radius 2 is 1.77 bits per heavy atom. The minimum absolute atomic E-state index is 0.324. The van der Waals surface area contributed by atoms with Crippen molar-refractivity contribution < 1.29 is 0 Å². The molecule has 0 spiro atoms. The molecule has 0 saturated carbocycles. The fraction of sp³-hybridized carbons (Fsp3) is 1.00. The third-order valence-electron chi connectivity index (χ3n) is 2.08. The van der Waals surface area contributed by atoms with E-state index in [4.69, 9.17) is 11.5 Å². The smallest absolute Gasteiger partial charge is 0.00225 e. The molecular weight excluding hydrogens is 162 g/mol. The van der Waals surface area contributed by atoms with Gasteiger partial charge in [-0.25, -0.2) is 0 Å². The minimum atomic E-state index is 0.324. The number of nitrogens with one attached hydrogen (secondary N) is 1. The van der Waals surface area contributed by atoms with Gasteiger partial charge >= 0.3 is 0 Å². The Hall–Kier alpha value is -0.120. The van der Waals surface area contributed by atoms with Crippen molar-refractivity contribution in [3.8, 4) is 0 Å². The van der Waals surface area contributed by atoms with E-state index in [0.717, 1.165) is 26.1 Å². The van der Waals surface area contributed by atoms with E-state index in [-0.39, 0.29) is 0 Å². The normalized spacial score (nSPS) is 13.2. The van der Waals surface area contributed by atoms with Crippen molar-refractivity contribution in [2.24, 2.45) is 11.5 Å². The summed E-state index contributed by atoms with van der Waals surface area (Å²) in [7, 11) is 0. The van der Waals surface area contributed by atoms with Crippen LogP contribution in [0.1, 0.15) is 39.0 Å². The van der Waals surface area contributed by atoms with E-state index in [1.54, 1.807) is 0 Å². The summed E-state index contributed by atoms with van der Waals surface area (Å²) in [5.41, 5.74) is 11.0. The van der Waals surface area contributed by atoms with Gasteiger partial charge in [-0.15, -0.1) is 0 Å². The van der Waals surface area contributed by atoms with E-state index < -0.39 is 0 Å². The molecule has 0 amide bonds. The van der Waals surface area contributed by atoms with Gasteiger partial charge in [0.1, 0.15) is 0 Å². The first-order valence-corrected chi connectivity index (χ1v) is 5.43. The average Bonchev–Trinajstić information content (AvgIpc) is 2.09. The van der Waals surface area contributed by atoms with Gasteiger partial charge in [0.15, 0.2) is 0 Å². The lowest BCUT2D eigenvalue weighted by Crippen LogP contribution is -2.24. The highest BCUT2D eigenvalue weighted by Gasteiger charge is 1.93. The van der Waals surface area contributed by atoms with Gasteiger partial charge in [0, 0.05) is 6.04 Å². The van der Waals surface area contributed by atoms with E-state index in [2.05, 4.69) is 5.32 Å². The first-order chi connectivity index (χ1) is 6.27. The van der Waals surface area contributed by atoms with Gasteiger partial charge in [0.2, 0.25) is 0 Å². The zero-order chi connectivity index (χ0) is 9.94. The number of nitrogens with two attached hydrogens (primary N) is 2. The summed E-state index contributed by atoms with van der Waals surface area (Å²) in [6.45, 7) is 5.05. The number of rotatable bonds is 9. The van der Waals surface area contributed by atoms with Gasteiger partial charge in [-0.05, 0) is 45.8 Å². The molecule has 0 aromatic carbocycles. The maximum Gasteiger partial charge on any atom is 0.00225 e. The highest BCUT2D eigenvalue weighted by molar-refractivity contribution is 4.56. The van der Waals surface area contributed by atoms with E-state index in [1.807, 2.05) is 6.92 Å². The molecule has 0 radical (unpaired) electrons. The lowest BCUT2D eigenvalue weighted by molar-refractivity contribution is 0.555. The van der Waals surface area contributed by atoms with Gasteiger partial charge in [-0.2, -0.15) is 0 Å². The molecule has 3 nitrogen and oxygen atoms in total. The van der Waals surface area contributed by atoms with E-state index >= 15 is 0 Å². The fourth-order valence-electron chi connectivity index (χ4n) is 1.20. The standard InChI is InChI=1S/C10H25N3/c1-10(12)6-9-13-8-5-3-2-4-7-11/h10,13H,2-9,11-12H2,1H3. The molecular formula is C10H25N3. The quantitative estimate of drug-likeness (QED) is 0.469. The van der Waals surface area contributed by atoms with Crippen LogP contribution >= 0.6 is 0 Å². The second kappa shape index (κ2) is 9.96. The summed E-state index contributed by atoms with van der Waals surface area (Å²) in [5.74, 6) is 0. The van der Waals surface area contributed by atoms with Crippen molar-refractivity contribution in [1.82, 2.24) is 5.32 Å². The van der Waals surface area contributed by atoms with Gasteiger partial charge in [-0.3, -0.25) is 0 Å². The molecule has 13 heavy (non-hydrogen) atoms. The van der Waals surface area contributed by atoms with Gasteiger partial charge < -0.3 is 16.8 Å². The second-order valence-electron chi connectivity index (χ2n) is 3.72. The van der Waals surface area contributed by atoms with Crippen LogP contribution in [0.4, 0.5) is 0 Å². The lowest BCUT2D eigenvalue weighted by atomic mass is 10.2. The first-order valence-electron chi connectivity index (χ1n) is 5.43. The molecule has 0 heterocycles. The molecule has 3 heteroatoms. The third kappa shape index (κ3) is 11.9. The molecule has 1 unspecified atom stereocenters. The van der Waals surface area contributed by atoms with Crippen molar-refractivity contribution in [2.45, 2.75) is 45.1 Å². The summed E-state index contributed by atoms with van der Waals surface area (Å²) in [4.78, 5) is 0. The third-order valence-corrected chi connectivity index (χ3v) is 2.08. The Kier molecular flexibility index (Phi) is 9.87. The Morgan fingerprint density at radius 3 is 2.38 bits per heavy atom. The number of hydrogen-bond donors (Lipinski definition) is 3. The molecule has 0 aromatic rings. The number of hydrogen-bond acceptors (Lipinski definition) is 3. The van der Waals surface area contributed by atoms with Crippen LogP contribution in [-0.2, 0) is 0 Å². The molecule has 1 atom stereocenters. The second-order valence-corrected chi connectivity index (χ2v) is 3.72. The van der Waals surface area contributed by atoms with Crippen molar-refractivity contribution in [2.75, 3.05) is 19.6 Å². The van der Waals surface area contributed by atoms with Crippen LogP contribution in [0.15, 0.2) is 0 Å². The van der Waals surface area contributed by atoms with Gasteiger partial charge in [0.05, 0.1) is 0 Å². The molecule has 0 aromatic heterocycles. The molecule has 0 aliphatic heterocycles. The predicted molar refractivity (Wildman–Crippen MR) is 58.7 cm³/mol. The largest absolute Gasteiger partial charge is 0.330 e. The topological polar surface area (TPSA) is 64.1 Å². The van der Waals surface area contributed by atoms with Crippen LogP contribution in [0.2, 0.25) is 0 Å². The highest BCUT2D eigenvalue weighted by Crippen LogP contribution is 1.96. The predicted octanol–water partition coefficient (Wildman–Crippen LogP) is 0.832. The number of unbranched alkanes of at least 4 members (excludes halogenated alkanes) is 3. The Labute approximate surface area is 82.3 Å². The van der Waals surface area contributed by atoms with Crippen LogP contribution in [-0.4, -0.2) is 25.7 Å². The Balaban J connectivity index is 2.84. The van der Waals surface area contributed by atoms with Crippen molar-refractivity contribution in [1.29, 1.82) is 0 Å². The fourth-order valence-corrected chi connectivity index (χ4v) is 1.20. The highest BCUT2D eigenvalue weighted by atomic mass is 14.8. The zero-order valence-electron chi connectivity index (χ0n) is 8.89. The van der Waals surface area contributed by atoms with Crippen molar-refractivity contribution in [3.05, 3.63) is 0 Å². The van der Waals surface area contributed by atoms with Crippen molar-refractivity contribution in [3.63, 3.8) is 0 Å². The molecule has 80 valence electrons. The van der Waals surface area contributed by atoms with Gasteiger partial charge in [-0.1, -0.05) is 12.8 Å². The lowest BCUT2D eigenvalue weighted by Gasteiger charge is -2.06. The van der Waals surface area contributed by atoms with Crippen LogP contribution in [0.5, 0.6) is 0 Å². The molecule has 5 N–H and O–H groups in total. The van der Waals surface area contributed by atoms with E-state index in [9.17, 15) is 0 Å². The average molecular weight is 187 g/mol. The summed E-state index contributed by atoms with van der Waals surface area (Å²) < 4.78 is 0. The summed E-state index contributed by atoms with van der Waals surface area (Å²) in [6, 6.07) is 0.324. The Bertz CT molecular complexity index is 94.2. The molecule has 0 aliphatic carbocycles. The summed E-state index contributed by atoms with van der Waals surface area (Å²) >= 11 is 0. The van der Waals surface area contributed by atoms with Crippen LogP contribution < -0.4 is 16.8 Å². The summed E-state index contributed by atoms with van der Waals surface area (Å²) in [6.07, 6.45) is 6.06. The molecule has 0 aliphatic rings. The molecule has 0 saturated heterocycles. The molecule has 0 fully saturated rings. The van der Waals surface area contributed by atoms with Crippen LogP contribution in [0.25, 0.3) is 0 Å². The Morgan fingerprint density at radius 1 is 1.08 bits per heavy atom. The molecule has 0 bridgehead atoms. The van der Waals surface area contributed by atoms with E-state index in [1.165, 1.54) is 25.7 Å². The zero-order valence-corrected chi connectivity index (χ0v) is 8.89. The summed E-state index contributed by atoms with van der Waals surface area (Å²) in [5, 5.41) is 3.38. The molecule has 0 rings (SSSR count). The van der Waals surface area contributed by atoms with Crippen LogP contribution in [0, 0.1) is 0 Å². The first kappa shape index (κ1) is 12.9. The van der Waals surface area contributed by atoms with Crippen LogP contribution in [0.3, 0.4) is 0 Å².